The molecule has 0 amide bonds. The van der Waals surface area contributed by atoms with Gasteiger partial charge in [-0.2, -0.15) is 0 Å². The Morgan fingerprint density at radius 1 is 0.585 bits per heavy atom. The Morgan fingerprint density at radius 3 is 1.64 bits per heavy atom. The van der Waals surface area contributed by atoms with E-state index in [2.05, 4.69) is 44.2 Å². The summed E-state index contributed by atoms with van der Waals surface area (Å²) in [5.41, 5.74) is 0. The molecule has 0 N–H and O–H groups in total. The first-order chi connectivity index (χ1) is 25.5. The first-order valence-corrected chi connectivity index (χ1v) is 22.7. The summed E-state index contributed by atoms with van der Waals surface area (Å²) in [6, 6.07) is 0. The molecule has 0 aliphatic carbocycles. The quantitative estimate of drug-likeness (QED) is 0.0201. The van der Waals surface area contributed by atoms with Gasteiger partial charge in [0.25, 0.3) is 7.82 Å². The van der Waals surface area contributed by atoms with Crippen molar-refractivity contribution in [3.63, 3.8) is 0 Å². The Balaban J connectivity index is 4.45. The average Bonchev–Trinajstić information content (AvgIpc) is 3.10. The van der Waals surface area contributed by atoms with E-state index in [1.165, 1.54) is 77.0 Å². The van der Waals surface area contributed by atoms with Crippen molar-refractivity contribution in [3.05, 3.63) is 36.5 Å². The van der Waals surface area contributed by atoms with Gasteiger partial charge < -0.3 is 27.9 Å². The van der Waals surface area contributed by atoms with E-state index in [0.717, 1.165) is 57.8 Å². The zero-order chi connectivity index (χ0) is 39.3. The normalized spacial score (nSPS) is 14.0. The van der Waals surface area contributed by atoms with Crippen LogP contribution in [0.5, 0.6) is 0 Å². The summed E-state index contributed by atoms with van der Waals surface area (Å²) >= 11 is 0. The van der Waals surface area contributed by atoms with Crippen molar-refractivity contribution in [2.45, 2.75) is 180 Å². The molecule has 2 atom stereocenters. The third kappa shape index (κ3) is 39.7. The molecule has 0 aromatic heterocycles. The lowest BCUT2D eigenvalue weighted by Gasteiger charge is -2.28. The summed E-state index contributed by atoms with van der Waals surface area (Å²) in [4.78, 5) is 37.4. The number of carbonyl (C=O) groups is 2. The SMILES string of the molecule is CCCC/C=C/C/C=C/CCCCCCCC(=O)OC[C@H](COP(=O)([O-])OCC[N+](C)(C)C)OC(=O)CC/C=C/CCCCCCCCCCCCC. The van der Waals surface area contributed by atoms with Gasteiger partial charge in [-0.3, -0.25) is 14.2 Å². The Hall–Kier alpha value is -1.77. The topological polar surface area (TPSA) is 111 Å². The number of nitrogens with zero attached hydrogens (tertiary/aromatic N) is 1. The number of phosphoric acid groups is 1. The van der Waals surface area contributed by atoms with Gasteiger partial charge in [0.2, 0.25) is 0 Å². The van der Waals surface area contributed by atoms with Crippen LogP contribution in [0.1, 0.15) is 174 Å². The van der Waals surface area contributed by atoms with Crippen molar-refractivity contribution in [3.8, 4) is 0 Å². The zero-order valence-electron chi connectivity index (χ0n) is 34.7. The monoisotopic (exact) mass is 770 g/mol. The Morgan fingerprint density at radius 2 is 1.08 bits per heavy atom. The maximum atomic E-state index is 12.6. The molecule has 310 valence electrons. The maximum absolute atomic E-state index is 12.6. The van der Waals surface area contributed by atoms with Crippen LogP contribution in [0.25, 0.3) is 0 Å². The molecule has 0 saturated heterocycles. The number of phosphoric ester groups is 1. The minimum atomic E-state index is -4.63. The van der Waals surface area contributed by atoms with Gasteiger partial charge in [-0.05, 0) is 51.4 Å². The third-order valence-electron chi connectivity index (χ3n) is 8.90. The molecule has 0 saturated carbocycles. The predicted octanol–water partition coefficient (Wildman–Crippen LogP) is 11.1. The van der Waals surface area contributed by atoms with Crippen molar-refractivity contribution >= 4 is 19.8 Å². The highest BCUT2D eigenvalue weighted by molar-refractivity contribution is 7.45. The molecule has 0 rings (SSSR count). The van der Waals surface area contributed by atoms with Crippen LogP contribution in [0.4, 0.5) is 0 Å². The zero-order valence-corrected chi connectivity index (χ0v) is 35.6. The van der Waals surface area contributed by atoms with E-state index in [-0.39, 0.29) is 26.1 Å². The lowest BCUT2D eigenvalue weighted by atomic mass is 10.1. The number of likely N-dealkylation sites (N-methyl/N-ethyl adjacent to an activating group) is 1. The van der Waals surface area contributed by atoms with E-state index in [9.17, 15) is 19.0 Å². The first kappa shape index (κ1) is 51.2. The van der Waals surface area contributed by atoms with Crippen molar-refractivity contribution in [1.29, 1.82) is 0 Å². The Bertz CT molecular complexity index is 1010. The largest absolute Gasteiger partial charge is 0.756 e. The van der Waals surface area contributed by atoms with Gasteiger partial charge in [0.15, 0.2) is 6.10 Å². The number of allylic oxidation sites excluding steroid dienone is 6. The molecule has 1 unspecified atom stereocenters. The van der Waals surface area contributed by atoms with Crippen LogP contribution >= 0.6 is 7.82 Å². The van der Waals surface area contributed by atoms with Crippen LogP contribution in [-0.2, 0) is 32.7 Å². The third-order valence-corrected chi connectivity index (χ3v) is 9.86. The van der Waals surface area contributed by atoms with E-state index in [0.29, 0.717) is 23.9 Å². The molecule has 53 heavy (non-hydrogen) atoms. The smallest absolute Gasteiger partial charge is 0.306 e. The second-order valence-corrected chi connectivity index (χ2v) is 16.8. The molecule has 0 heterocycles. The summed E-state index contributed by atoms with van der Waals surface area (Å²) in [7, 11) is 1.14. The highest BCUT2D eigenvalue weighted by Crippen LogP contribution is 2.38. The number of hydrogen-bond acceptors (Lipinski definition) is 8. The van der Waals surface area contributed by atoms with E-state index in [4.69, 9.17) is 18.5 Å². The van der Waals surface area contributed by atoms with Gasteiger partial charge in [0.05, 0.1) is 27.7 Å². The number of quaternary nitrogens is 1. The maximum Gasteiger partial charge on any atom is 0.306 e. The predicted molar refractivity (Wildman–Crippen MR) is 217 cm³/mol. The molecule has 9 nitrogen and oxygen atoms in total. The van der Waals surface area contributed by atoms with Crippen LogP contribution in [0.15, 0.2) is 36.5 Å². The van der Waals surface area contributed by atoms with Crippen LogP contribution in [0.2, 0.25) is 0 Å². The van der Waals surface area contributed by atoms with Gasteiger partial charge in [0, 0.05) is 12.8 Å². The number of rotatable bonds is 38. The number of unbranched alkanes of at least 4 members (excludes halogenated alkanes) is 18. The molecule has 0 aliphatic rings. The summed E-state index contributed by atoms with van der Waals surface area (Å²) in [5.74, 6) is -0.908. The van der Waals surface area contributed by atoms with Crippen LogP contribution in [0.3, 0.4) is 0 Å². The first-order valence-electron chi connectivity index (χ1n) is 21.2. The lowest BCUT2D eigenvalue weighted by Crippen LogP contribution is -2.37. The highest BCUT2D eigenvalue weighted by atomic mass is 31.2. The molecule has 0 radical (unpaired) electrons. The second-order valence-electron chi connectivity index (χ2n) is 15.3. The summed E-state index contributed by atoms with van der Waals surface area (Å²) in [6.45, 7) is 4.12. The molecule has 0 bridgehead atoms. The highest BCUT2D eigenvalue weighted by Gasteiger charge is 2.21. The summed E-state index contributed by atoms with van der Waals surface area (Å²) in [5, 5.41) is 0. The van der Waals surface area contributed by atoms with Crippen LogP contribution in [0, 0.1) is 0 Å². The second kappa shape index (κ2) is 35.9. The minimum Gasteiger partial charge on any atom is -0.756 e. The molecule has 0 spiro atoms. The molecular weight excluding hydrogens is 689 g/mol. The van der Waals surface area contributed by atoms with Crippen molar-refractivity contribution < 1.29 is 42.1 Å². The molecular formula is C43H80NO8P. The number of esters is 2. The standard InChI is InChI=1S/C43H80NO8P/c1-6-8-10-12-14-16-18-20-22-24-26-28-30-32-34-36-43(46)52-41(40-51-53(47,48)50-38-37-44(3,4)5)39-49-42(45)35-33-31-29-27-25-23-21-19-17-15-13-11-9-7-2/h13,15,19,21,30,32,41H,6-12,14,16-18,20,22-29,31,33-40H2,1-5H3/b15-13+,21-19+,32-30+/t41-/m1/s1. The minimum absolute atomic E-state index is 0.0390. The van der Waals surface area contributed by atoms with Gasteiger partial charge >= 0.3 is 11.9 Å². The fraction of sp³-hybridized carbons (Fsp3) is 0.814. The number of hydrogen-bond donors (Lipinski definition) is 0. The average molecular weight is 770 g/mol. The van der Waals surface area contributed by atoms with Crippen molar-refractivity contribution in [2.75, 3.05) is 47.5 Å². The molecule has 0 aromatic carbocycles. The fourth-order valence-electron chi connectivity index (χ4n) is 5.51. The molecule has 0 aliphatic heterocycles. The number of carbonyl (C=O) groups excluding carboxylic acids is 2. The van der Waals surface area contributed by atoms with Gasteiger partial charge in [0.1, 0.15) is 19.8 Å². The molecule has 0 aromatic rings. The van der Waals surface area contributed by atoms with Crippen LogP contribution < -0.4 is 4.89 Å². The summed E-state index contributed by atoms with van der Waals surface area (Å²) < 4.78 is 33.8. The van der Waals surface area contributed by atoms with E-state index >= 15 is 0 Å². The van der Waals surface area contributed by atoms with Gasteiger partial charge in [-0.1, -0.05) is 147 Å². The van der Waals surface area contributed by atoms with Crippen LogP contribution in [-0.4, -0.2) is 70.0 Å². The van der Waals surface area contributed by atoms with Crippen molar-refractivity contribution in [1.82, 2.24) is 0 Å². The van der Waals surface area contributed by atoms with Crippen molar-refractivity contribution in [2.24, 2.45) is 0 Å². The van der Waals surface area contributed by atoms with E-state index in [1.54, 1.807) is 0 Å². The summed E-state index contributed by atoms with van der Waals surface area (Å²) in [6.07, 6.45) is 38.9. The lowest BCUT2D eigenvalue weighted by molar-refractivity contribution is -0.870. The fourth-order valence-corrected chi connectivity index (χ4v) is 6.24. The van der Waals surface area contributed by atoms with E-state index < -0.39 is 32.5 Å². The Labute approximate surface area is 325 Å². The van der Waals surface area contributed by atoms with Gasteiger partial charge in [-0.15, -0.1) is 0 Å². The van der Waals surface area contributed by atoms with E-state index in [1.807, 2.05) is 27.2 Å². The Kier molecular flexibility index (Phi) is 34.7. The molecule has 0 fully saturated rings. The van der Waals surface area contributed by atoms with Gasteiger partial charge in [-0.25, -0.2) is 0 Å². The number of ether oxygens (including phenoxy) is 2. The molecule has 10 heteroatoms.